The summed E-state index contributed by atoms with van der Waals surface area (Å²) in [4.78, 5) is 27.2. The van der Waals surface area contributed by atoms with Crippen molar-refractivity contribution in [3.05, 3.63) is 42.0 Å². The van der Waals surface area contributed by atoms with E-state index in [2.05, 4.69) is 18.2 Å². The lowest BCUT2D eigenvalue weighted by atomic mass is 9.63. The molecule has 4 heteroatoms. The molecule has 108 valence electrons. The minimum atomic E-state index is -0.210. The molecular weight excluding hydrogens is 276 g/mol. The minimum Gasteiger partial charge on any atom is -0.274 e. The van der Waals surface area contributed by atoms with Crippen LogP contribution in [0.3, 0.4) is 0 Å². The van der Waals surface area contributed by atoms with Crippen molar-refractivity contribution < 1.29 is 9.59 Å². The van der Waals surface area contributed by atoms with E-state index in [9.17, 15) is 14.9 Å². The summed E-state index contributed by atoms with van der Waals surface area (Å²) in [6.07, 6.45) is 5.47. The first-order valence-corrected chi connectivity index (χ1v) is 7.77. The molecule has 0 aromatic heterocycles. The van der Waals surface area contributed by atoms with Crippen molar-refractivity contribution in [2.24, 2.45) is 35.5 Å². The normalized spacial score (nSPS) is 40.4. The molecule has 2 saturated carbocycles. The second-order valence-electron chi connectivity index (χ2n) is 6.80. The van der Waals surface area contributed by atoms with Crippen LogP contribution >= 0.6 is 0 Å². The van der Waals surface area contributed by atoms with Gasteiger partial charge in [-0.3, -0.25) is 9.59 Å². The maximum Gasteiger partial charge on any atom is 0.238 e. The first-order chi connectivity index (χ1) is 10.7. The summed E-state index contributed by atoms with van der Waals surface area (Å²) < 4.78 is 0. The van der Waals surface area contributed by atoms with Gasteiger partial charge in [-0.25, -0.2) is 4.90 Å². The highest BCUT2D eigenvalue weighted by atomic mass is 16.2. The Morgan fingerprint density at radius 2 is 1.59 bits per heavy atom. The zero-order valence-corrected chi connectivity index (χ0v) is 11.8. The Morgan fingerprint density at radius 3 is 2.18 bits per heavy atom. The van der Waals surface area contributed by atoms with Crippen molar-refractivity contribution >= 4 is 17.5 Å². The number of carbonyl (C=O) groups is 2. The first-order valence-electron chi connectivity index (χ1n) is 7.77. The number of benzene rings is 1. The largest absolute Gasteiger partial charge is 0.274 e. The molecule has 0 N–H and O–H groups in total. The molecule has 5 aliphatic rings. The summed E-state index contributed by atoms with van der Waals surface area (Å²) in [6.45, 7) is 0. The summed E-state index contributed by atoms with van der Waals surface area (Å²) >= 11 is 0. The molecule has 2 amide bonds. The van der Waals surface area contributed by atoms with Gasteiger partial charge < -0.3 is 0 Å². The van der Waals surface area contributed by atoms with Crippen LogP contribution in [0, 0.1) is 46.8 Å². The first kappa shape index (κ1) is 12.2. The van der Waals surface area contributed by atoms with Gasteiger partial charge in [0.25, 0.3) is 0 Å². The number of anilines is 1. The van der Waals surface area contributed by atoms with E-state index in [1.807, 2.05) is 0 Å². The Hall–Kier alpha value is -2.41. The number of nitrogens with zero attached hydrogens (tertiary/aromatic N) is 2. The van der Waals surface area contributed by atoms with Crippen LogP contribution in [0.15, 0.2) is 36.4 Å². The van der Waals surface area contributed by atoms with Gasteiger partial charge in [0.1, 0.15) is 6.07 Å². The SMILES string of the molecule is N#Cc1ccccc1N1C(=O)C2C3C=CC(C4CC34)C2C1=O. The molecule has 0 radical (unpaired) electrons. The standard InChI is InChI=1S/C18H14N2O2/c19-8-9-3-1-2-4-14(9)20-17(21)15-10-5-6-11(13-7-12(10)13)16(15)18(20)22/h1-6,10-13,15-16H,7H2. The highest BCUT2D eigenvalue weighted by Gasteiger charge is 2.67. The van der Waals surface area contributed by atoms with E-state index in [0.717, 1.165) is 6.42 Å². The molecule has 0 spiro atoms. The number of nitriles is 1. The van der Waals surface area contributed by atoms with Gasteiger partial charge in [-0.2, -0.15) is 5.26 Å². The number of para-hydroxylation sites is 1. The molecule has 1 aromatic rings. The Labute approximate surface area is 128 Å². The van der Waals surface area contributed by atoms with E-state index >= 15 is 0 Å². The van der Waals surface area contributed by atoms with Gasteiger partial charge in [-0.05, 0) is 42.2 Å². The Balaban J connectivity index is 1.62. The number of hydrogen-bond acceptors (Lipinski definition) is 3. The molecule has 6 rings (SSSR count). The van der Waals surface area contributed by atoms with Gasteiger partial charge in [0, 0.05) is 0 Å². The average Bonchev–Trinajstić information content (AvgIpc) is 3.32. The molecule has 1 heterocycles. The Morgan fingerprint density at radius 1 is 1.00 bits per heavy atom. The quantitative estimate of drug-likeness (QED) is 0.588. The van der Waals surface area contributed by atoms with Crippen LogP contribution in [0.25, 0.3) is 0 Å². The lowest BCUT2D eigenvalue weighted by Crippen LogP contribution is -2.40. The monoisotopic (exact) mass is 290 g/mol. The van der Waals surface area contributed by atoms with Gasteiger partial charge in [-0.15, -0.1) is 0 Å². The van der Waals surface area contributed by atoms with Crippen LogP contribution in [0.5, 0.6) is 0 Å². The molecule has 4 nitrogen and oxygen atoms in total. The summed E-state index contributed by atoms with van der Waals surface area (Å²) in [6, 6.07) is 8.96. The van der Waals surface area contributed by atoms with Gasteiger partial charge >= 0.3 is 0 Å². The van der Waals surface area contributed by atoms with Crippen molar-refractivity contribution in [1.82, 2.24) is 0 Å². The molecule has 1 aliphatic heterocycles. The predicted molar refractivity (Wildman–Crippen MR) is 78.3 cm³/mol. The summed E-state index contributed by atoms with van der Waals surface area (Å²) in [5.74, 6) is 0.991. The molecule has 6 unspecified atom stereocenters. The summed E-state index contributed by atoms with van der Waals surface area (Å²) in [5, 5.41) is 9.26. The van der Waals surface area contributed by atoms with Crippen LogP contribution in [0.1, 0.15) is 12.0 Å². The number of amides is 2. The van der Waals surface area contributed by atoms with Crippen LogP contribution < -0.4 is 4.90 Å². The van der Waals surface area contributed by atoms with Gasteiger partial charge in [0.2, 0.25) is 11.8 Å². The van der Waals surface area contributed by atoms with Crippen molar-refractivity contribution in [1.29, 1.82) is 5.26 Å². The molecule has 1 aromatic carbocycles. The lowest BCUT2D eigenvalue weighted by molar-refractivity contribution is -0.124. The summed E-state index contributed by atoms with van der Waals surface area (Å²) in [7, 11) is 0. The number of rotatable bonds is 1. The molecule has 2 bridgehead atoms. The fourth-order valence-electron chi connectivity index (χ4n) is 4.96. The maximum atomic E-state index is 12.9. The molecule has 22 heavy (non-hydrogen) atoms. The fourth-order valence-corrected chi connectivity index (χ4v) is 4.96. The molecule has 3 fully saturated rings. The Bertz CT molecular complexity index is 755. The third kappa shape index (κ3) is 1.28. The third-order valence-electron chi connectivity index (χ3n) is 5.93. The van der Waals surface area contributed by atoms with Crippen molar-refractivity contribution in [2.45, 2.75) is 6.42 Å². The summed E-state index contributed by atoms with van der Waals surface area (Å²) in [5.41, 5.74) is 0.829. The minimum absolute atomic E-state index is 0.109. The molecular formula is C18H14N2O2. The van der Waals surface area contributed by atoms with Crippen molar-refractivity contribution in [3.63, 3.8) is 0 Å². The smallest absolute Gasteiger partial charge is 0.238 e. The second kappa shape index (κ2) is 3.86. The van der Waals surface area contributed by atoms with Crippen molar-refractivity contribution in [3.8, 4) is 6.07 Å². The molecule has 6 atom stereocenters. The van der Waals surface area contributed by atoms with Crippen LogP contribution in [-0.4, -0.2) is 11.8 Å². The van der Waals surface area contributed by atoms with Gasteiger partial charge in [0.15, 0.2) is 0 Å². The number of imide groups is 1. The van der Waals surface area contributed by atoms with E-state index in [1.165, 1.54) is 4.90 Å². The third-order valence-corrected chi connectivity index (χ3v) is 5.93. The van der Waals surface area contributed by atoms with E-state index < -0.39 is 0 Å². The molecule has 4 aliphatic carbocycles. The zero-order valence-electron chi connectivity index (χ0n) is 11.8. The zero-order chi connectivity index (χ0) is 15.0. The van der Waals surface area contributed by atoms with Gasteiger partial charge in [0.05, 0.1) is 23.1 Å². The van der Waals surface area contributed by atoms with Crippen LogP contribution in [0.2, 0.25) is 0 Å². The van der Waals surface area contributed by atoms with E-state index in [4.69, 9.17) is 0 Å². The molecule has 1 saturated heterocycles. The van der Waals surface area contributed by atoms with Gasteiger partial charge in [-0.1, -0.05) is 24.3 Å². The highest BCUT2D eigenvalue weighted by Crippen LogP contribution is 2.65. The maximum absolute atomic E-state index is 12.9. The van der Waals surface area contributed by atoms with E-state index in [0.29, 0.717) is 23.1 Å². The number of hydrogen-bond donors (Lipinski definition) is 0. The van der Waals surface area contributed by atoms with E-state index in [1.54, 1.807) is 24.3 Å². The highest BCUT2D eigenvalue weighted by molar-refractivity contribution is 6.23. The average molecular weight is 290 g/mol. The topological polar surface area (TPSA) is 61.2 Å². The Kier molecular flexibility index (Phi) is 2.14. The fraction of sp³-hybridized carbons (Fsp3) is 0.389. The van der Waals surface area contributed by atoms with Crippen LogP contribution in [-0.2, 0) is 9.59 Å². The second-order valence-corrected chi connectivity index (χ2v) is 6.80. The van der Waals surface area contributed by atoms with Crippen molar-refractivity contribution in [2.75, 3.05) is 4.90 Å². The number of allylic oxidation sites excluding steroid dienone is 2. The van der Waals surface area contributed by atoms with E-state index in [-0.39, 0.29) is 35.5 Å². The number of carbonyl (C=O) groups excluding carboxylic acids is 2. The lowest BCUT2D eigenvalue weighted by Gasteiger charge is -2.37. The van der Waals surface area contributed by atoms with Crippen LogP contribution in [0.4, 0.5) is 5.69 Å². The predicted octanol–water partition coefficient (Wildman–Crippen LogP) is 2.12.